The number of benzene rings is 1. The Kier molecular flexibility index (Phi) is 3.87. The summed E-state index contributed by atoms with van der Waals surface area (Å²) in [6.45, 7) is 6.96. The second-order valence-electron chi connectivity index (χ2n) is 6.05. The summed E-state index contributed by atoms with van der Waals surface area (Å²) in [5, 5.41) is 0. The predicted octanol–water partition coefficient (Wildman–Crippen LogP) is 1.62. The van der Waals surface area contributed by atoms with E-state index in [-0.39, 0.29) is 12.6 Å². The van der Waals surface area contributed by atoms with E-state index in [1.807, 2.05) is 12.1 Å². The molecule has 0 aromatic heterocycles. The zero-order valence-corrected chi connectivity index (χ0v) is 12.8. The second-order valence-corrected chi connectivity index (χ2v) is 6.05. The SMILES string of the molecule is CC1CN(CC(=O)c2ccc3c(c2)OCO3)CC(C)N1C. The van der Waals surface area contributed by atoms with Crippen LogP contribution in [0, 0.1) is 0 Å². The minimum atomic E-state index is 0.136. The van der Waals surface area contributed by atoms with E-state index in [9.17, 15) is 4.79 Å². The van der Waals surface area contributed by atoms with Gasteiger partial charge in [-0.1, -0.05) is 0 Å². The fourth-order valence-corrected chi connectivity index (χ4v) is 3.01. The van der Waals surface area contributed by atoms with Gasteiger partial charge in [-0.3, -0.25) is 14.6 Å². The topological polar surface area (TPSA) is 42.0 Å². The van der Waals surface area contributed by atoms with Crippen molar-refractivity contribution >= 4 is 5.78 Å². The highest BCUT2D eigenvalue weighted by Gasteiger charge is 2.28. The summed E-state index contributed by atoms with van der Waals surface area (Å²) in [7, 11) is 2.15. The van der Waals surface area contributed by atoms with E-state index in [0.717, 1.165) is 13.1 Å². The van der Waals surface area contributed by atoms with Crippen molar-refractivity contribution in [2.45, 2.75) is 25.9 Å². The number of carbonyl (C=O) groups excluding carboxylic acids is 1. The van der Waals surface area contributed by atoms with Crippen LogP contribution in [-0.4, -0.2) is 61.1 Å². The van der Waals surface area contributed by atoms with Gasteiger partial charge in [-0.05, 0) is 39.1 Å². The summed E-state index contributed by atoms with van der Waals surface area (Å²) >= 11 is 0. The first kappa shape index (κ1) is 14.4. The summed E-state index contributed by atoms with van der Waals surface area (Å²) in [6, 6.07) is 6.36. The van der Waals surface area contributed by atoms with E-state index in [1.165, 1.54) is 0 Å². The van der Waals surface area contributed by atoms with Crippen LogP contribution < -0.4 is 9.47 Å². The summed E-state index contributed by atoms with van der Waals surface area (Å²) in [6.07, 6.45) is 0. The first-order valence-corrected chi connectivity index (χ1v) is 7.41. The van der Waals surface area contributed by atoms with Crippen molar-refractivity contribution in [3.8, 4) is 11.5 Å². The van der Waals surface area contributed by atoms with Gasteiger partial charge in [0.1, 0.15) is 0 Å². The second kappa shape index (κ2) is 5.66. The van der Waals surface area contributed by atoms with E-state index in [2.05, 4.69) is 30.7 Å². The molecule has 1 aromatic carbocycles. The Hall–Kier alpha value is -1.59. The first-order chi connectivity index (χ1) is 10.0. The monoisotopic (exact) mass is 290 g/mol. The molecule has 0 saturated carbocycles. The lowest BCUT2D eigenvalue weighted by Crippen LogP contribution is -2.55. The highest BCUT2D eigenvalue weighted by molar-refractivity contribution is 5.98. The van der Waals surface area contributed by atoms with Crippen LogP contribution in [0.5, 0.6) is 11.5 Å². The van der Waals surface area contributed by atoms with Crippen LogP contribution in [0.2, 0.25) is 0 Å². The average Bonchev–Trinajstić information content (AvgIpc) is 2.91. The van der Waals surface area contributed by atoms with Crippen LogP contribution in [0.4, 0.5) is 0 Å². The molecular weight excluding hydrogens is 268 g/mol. The molecule has 114 valence electrons. The van der Waals surface area contributed by atoms with E-state index in [1.54, 1.807) is 6.07 Å². The molecule has 2 unspecified atom stereocenters. The van der Waals surface area contributed by atoms with E-state index in [4.69, 9.17) is 9.47 Å². The van der Waals surface area contributed by atoms with Crippen LogP contribution in [0.25, 0.3) is 0 Å². The van der Waals surface area contributed by atoms with Gasteiger partial charge in [0.15, 0.2) is 17.3 Å². The van der Waals surface area contributed by atoms with Gasteiger partial charge in [0.25, 0.3) is 0 Å². The molecule has 0 radical (unpaired) electrons. The summed E-state index contributed by atoms with van der Waals surface area (Å²) in [4.78, 5) is 17.1. The molecule has 21 heavy (non-hydrogen) atoms. The van der Waals surface area contributed by atoms with Gasteiger partial charge < -0.3 is 9.47 Å². The number of nitrogens with zero attached hydrogens (tertiary/aromatic N) is 2. The van der Waals surface area contributed by atoms with Gasteiger partial charge in [0, 0.05) is 30.7 Å². The molecule has 2 aliphatic heterocycles. The third kappa shape index (κ3) is 2.89. The zero-order chi connectivity index (χ0) is 15.0. The third-order valence-electron chi connectivity index (χ3n) is 4.50. The summed E-state index contributed by atoms with van der Waals surface area (Å²) < 4.78 is 10.6. The Morgan fingerprint density at radius 1 is 1.19 bits per heavy atom. The number of likely N-dealkylation sites (N-methyl/N-ethyl adjacent to an activating group) is 1. The van der Waals surface area contributed by atoms with Crippen molar-refractivity contribution in [3.63, 3.8) is 0 Å². The lowest BCUT2D eigenvalue weighted by molar-refractivity contribution is 0.0549. The molecule has 2 heterocycles. The lowest BCUT2D eigenvalue weighted by Gasteiger charge is -2.42. The number of rotatable bonds is 3. The minimum Gasteiger partial charge on any atom is -0.454 e. The van der Waals surface area contributed by atoms with Gasteiger partial charge in [0.2, 0.25) is 6.79 Å². The first-order valence-electron chi connectivity index (χ1n) is 7.41. The number of carbonyl (C=O) groups is 1. The zero-order valence-electron chi connectivity index (χ0n) is 12.8. The van der Waals surface area contributed by atoms with Crippen molar-refractivity contribution in [2.24, 2.45) is 0 Å². The Morgan fingerprint density at radius 2 is 1.86 bits per heavy atom. The molecule has 0 aliphatic carbocycles. The number of hydrogen-bond donors (Lipinski definition) is 0. The molecule has 1 fully saturated rings. The number of ether oxygens (including phenoxy) is 2. The van der Waals surface area contributed by atoms with E-state index < -0.39 is 0 Å². The maximum atomic E-state index is 12.5. The van der Waals surface area contributed by atoms with Crippen molar-refractivity contribution in [1.29, 1.82) is 0 Å². The van der Waals surface area contributed by atoms with Crippen LogP contribution >= 0.6 is 0 Å². The Balaban J connectivity index is 1.66. The van der Waals surface area contributed by atoms with Crippen LogP contribution in [0.3, 0.4) is 0 Å². The van der Waals surface area contributed by atoms with E-state index >= 15 is 0 Å². The minimum absolute atomic E-state index is 0.136. The van der Waals surface area contributed by atoms with Crippen molar-refractivity contribution in [1.82, 2.24) is 9.80 Å². The molecule has 0 N–H and O–H groups in total. The molecule has 1 saturated heterocycles. The molecule has 5 heteroatoms. The van der Waals surface area contributed by atoms with Crippen molar-refractivity contribution < 1.29 is 14.3 Å². The largest absolute Gasteiger partial charge is 0.454 e. The highest BCUT2D eigenvalue weighted by atomic mass is 16.7. The van der Waals surface area contributed by atoms with Crippen LogP contribution in [0.1, 0.15) is 24.2 Å². The van der Waals surface area contributed by atoms with Gasteiger partial charge in [-0.15, -0.1) is 0 Å². The Bertz CT molecular complexity index is 534. The molecule has 3 rings (SSSR count). The smallest absolute Gasteiger partial charge is 0.231 e. The number of fused-ring (bicyclic) bond motifs is 1. The summed E-state index contributed by atoms with van der Waals surface area (Å²) in [5.41, 5.74) is 0.693. The molecular formula is C16H22N2O3. The number of hydrogen-bond acceptors (Lipinski definition) is 5. The van der Waals surface area contributed by atoms with E-state index in [0.29, 0.717) is 35.7 Å². The fraction of sp³-hybridized carbons (Fsp3) is 0.562. The molecule has 2 aliphatic rings. The van der Waals surface area contributed by atoms with Crippen LogP contribution in [0.15, 0.2) is 18.2 Å². The number of Topliss-reactive ketones (excluding diaryl/α,β-unsaturated/α-hetero) is 1. The van der Waals surface area contributed by atoms with Gasteiger partial charge in [-0.25, -0.2) is 0 Å². The molecule has 5 nitrogen and oxygen atoms in total. The van der Waals surface area contributed by atoms with Gasteiger partial charge in [0.05, 0.1) is 6.54 Å². The molecule has 0 amide bonds. The molecule has 1 aromatic rings. The van der Waals surface area contributed by atoms with Gasteiger partial charge >= 0.3 is 0 Å². The maximum absolute atomic E-state index is 12.5. The van der Waals surface area contributed by atoms with Crippen molar-refractivity contribution in [2.75, 3.05) is 33.5 Å². The number of ketones is 1. The molecule has 0 spiro atoms. The molecule has 2 atom stereocenters. The predicted molar refractivity (Wildman–Crippen MR) is 80.0 cm³/mol. The lowest BCUT2D eigenvalue weighted by atomic mass is 10.1. The Labute approximate surface area is 125 Å². The summed E-state index contributed by atoms with van der Waals surface area (Å²) in [5.74, 6) is 1.52. The molecule has 0 bridgehead atoms. The van der Waals surface area contributed by atoms with Crippen LogP contribution in [-0.2, 0) is 0 Å². The number of piperazine rings is 1. The average molecular weight is 290 g/mol. The third-order valence-corrected chi connectivity index (χ3v) is 4.50. The quantitative estimate of drug-likeness (QED) is 0.791. The fourth-order valence-electron chi connectivity index (χ4n) is 3.01. The highest BCUT2D eigenvalue weighted by Crippen LogP contribution is 2.32. The van der Waals surface area contributed by atoms with Crippen molar-refractivity contribution in [3.05, 3.63) is 23.8 Å². The Morgan fingerprint density at radius 3 is 2.57 bits per heavy atom. The van der Waals surface area contributed by atoms with Gasteiger partial charge in [-0.2, -0.15) is 0 Å². The standard InChI is InChI=1S/C16H22N2O3/c1-11-7-18(8-12(2)17(11)3)9-14(19)13-4-5-15-16(6-13)21-10-20-15/h4-6,11-12H,7-10H2,1-3H3. The normalized spacial score (nSPS) is 26.0. The maximum Gasteiger partial charge on any atom is 0.231 e.